The van der Waals surface area contributed by atoms with Crippen LogP contribution in [0, 0.1) is 13.8 Å². The molecule has 2 aromatic carbocycles. The minimum Gasteiger partial charge on any atom is -0.379 e. The minimum absolute atomic E-state index is 0.0158. The van der Waals surface area contributed by atoms with E-state index in [1.165, 1.54) is 11.1 Å². The van der Waals surface area contributed by atoms with Crippen molar-refractivity contribution >= 4 is 48.5 Å². The first-order valence-electron chi connectivity index (χ1n) is 10.3. The predicted octanol–water partition coefficient (Wildman–Crippen LogP) is 5.04. The second-order valence-electron chi connectivity index (χ2n) is 7.67. The van der Waals surface area contributed by atoms with Crippen molar-refractivity contribution in [2.45, 2.75) is 20.3 Å². The first-order chi connectivity index (χ1) is 14.5. The van der Waals surface area contributed by atoms with Gasteiger partial charge in [-0.25, -0.2) is 4.98 Å². The number of aromatic nitrogens is 1. The van der Waals surface area contributed by atoms with Gasteiger partial charge in [0.1, 0.15) is 0 Å². The number of thiazole rings is 1. The second kappa shape index (κ2) is 9.56. The number of rotatable bonds is 6. The molecule has 0 N–H and O–H groups in total. The van der Waals surface area contributed by atoms with Crippen molar-refractivity contribution in [2.24, 2.45) is 0 Å². The van der Waals surface area contributed by atoms with Crippen LogP contribution in [0.2, 0.25) is 0 Å². The number of carbonyl (C=O) groups is 1. The van der Waals surface area contributed by atoms with E-state index >= 15 is 0 Å². The molecule has 1 aromatic heterocycles. The summed E-state index contributed by atoms with van der Waals surface area (Å²) in [6.45, 7) is 9.26. The Morgan fingerprint density at radius 2 is 2.00 bits per heavy atom. The topological polar surface area (TPSA) is 45.7 Å². The lowest BCUT2D eigenvalue weighted by Crippen LogP contribution is -2.39. The summed E-state index contributed by atoms with van der Waals surface area (Å²) in [6, 6.07) is 11.9. The lowest BCUT2D eigenvalue weighted by molar-refractivity contribution is 0.0376. The molecule has 158 valence electrons. The predicted molar refractivity (Wildman–Crippen MR) is 127 cm³/mol. The number of fused-ring (bicyclic) bond motifs is 1. The van der Waals surface area contributed by atoms with Gasteiger partial charge in [0.05, 0.1) is 29.0 Å². The van der Waals surface area contributed by atoms with E-state index in [-0.39, 0.29) is 5.91 Å². The Kier molecular flexibility index (Phi) is 6.83. The second-order valence-corrected chi connectivity index (χ2v) is 9.50. The van der Waals surface area contributed by atoms with Crippen LogP contribution >= 0.6 is 27.3 Å². The van der Waals surface area contributed by atoms with Gasteiger partial charge in [0.2, 0.25) is 0 Å². The normalized spacial score (nSPS) is 14.9. The van der Waals surface area contributed by atoms with Crippen LogP contribution in [-0.2, 0) is 4.74 Å². The molecule has 3 aromatic rings. The van der Waals surface area contributed by atoms with Crippen molar-refractivity contribution in [1.29, 1.82) is 0 Å². The van der Waals surface area contributed by atoms with Gasteiger partial charge < -0.3 is 4.74 Å². The monoisotopic (exact) mass is 487 g/mol. The summed E-state index contributed by atoms with van der Waals surface area (Å²) in [4.78, 5) is 22.6. The number of ether oxygens (including phenoxy) is 1. The molecule has 0 saturated carbocycles. The Labute approximate surface area is 189 Å². The number of hydrogen-bond donors (Lipinski definition) is 0. The van der Waals surface area contributed by atoms with E-state index in [0.29, 0.717) is 12.1 Å². The molecule has 1 aliphatic heterocycles. The van der Waals surface area contributed by atoms with Crippen molar-refractivity contribution < 1.29 is 9.53 Å². The summed E-state index contributed by atoms with van der Waals surface area (Å²) in [5, 5.41) is 0.765. The molecule has 5 nitrogen and oxygen atoms in total. The third-order valence-corrected chi connectivity index (χ3v) is 7.27. The van der Waals surface area contributed by atoms with Crippen LogP contribution in [0.15, 0.2) is 40.9 Å². The van der Waals surface area contributed by atoms with Crippen molar-refractivity contribution in [2.75, 3.05) is 44.3 Å². The Bertz CT molecular complexity index is 1050. The van der Waals surface area contributed by atoms with E-state index in [9.17, 15) is 4.79 Å². The fraction of sp³-hybridized carbons (Fsp3) is 0.391. The maximum Gasteiger partial charge on any atom is 0.261 e. The van der Waals surface area contributed by atoms with E-state index in [2.05, 4.69) is 46.8 Å². The largest absolute Gasteiger partial charge is 0.379 e. The van der Waals surface area contributed by atoms with Gasteiger partial charge >= 0.3 is 0 Å². The third kappa shape index (κ3) is 4.75. The Balaban J connectivity index is 1.62. The molecule has 1 saturated heterocycles. The van der Waals surface area contributed by atoms with Crippen LogP contribution in [0.5, 0.6) is 0 Å². The molecule has 0 unspecified atom stereocenters. The standard InChI is InChI=1S/C23H26BrN3O2S/c1-16-14-17(2)21-20(15-16)25-23(30-21)27(9-5-8-26-10-12-29-13-11-26)22(28)18-6-3-4-7-19(18)24/h3-4,6-7,14-15H,5,8-13H2,1-2H3. The van der Waals surface area contributed by atoms with Crippen LogP contribution in [0.3, 0.4) is 0 Å². The zero-order valence-electron chi connectivity index (χ0n) is 17.4. The average Bonchev–Trinajstić information content (AvgIpc) is 3.16. The highest BCUT2D eigenvalue weighted by molar-refractivity contribution is 9.10. The lowest BCUT2D eigenvalue weighted by Gasteiger charge is -2.27. The van der Waals surface area contributed by atoms with Crippen LogP contribution < -0.4 is 4.90 Å². The van der Waals surface area contributed by atoms with Crippen LogP contribution in [-0.4, -0.2) is 55.2 Å². The maximum absolute atomic E-state index is 13.5. The summed E-state index contributed by atoms with van der Waals surface area (Å²) >= 11 is 5.14. The number of halogens is 1. The van der Waals surface area contributed by atoms with Gasteiger partial charge in [-0.05, 0) is 65.5 Å². The van der Waals surface area contributed by atoms with Gasteiger partial charge in [-0.1, -0.05) is 29.5 Å². The van der Waals surface area contributed by atoms with Crippen molar-refractivity contribution in [3.63, 3.8) is 0 Å². The van der Waals surface area contributed by atoms with Gasteiger partial charge in [0, 0.05) is 30.7 Å². The SMILES string of the molecule is Cc1cc(C)c2sc(N(CCCN3CCOCC3)C(=O)c3ccccc3Br)nc2c1. The fourth-order valence-corrected chi connectivity index (χ4v) is 5.32. The summed E-state index contributed by atoms with van der Waals surface area (Å²) in [7, 11) is 0. The molecule has 0 radical (unpaired) electrons. The summed E-state index contributed by atoms with van der Waals surface area (Å²) in [6.07, 6.45) is 0.893. The molecular formula is C23H26BrN3O2S. The minimum atomic E-state index is -0.0158. The molecule has 2 heterocycles. The zero-order valence-corrected chi connectivity index (χ0v) is 19.8. The number of hydrogen-bond acceptors (Lipinski definition) is 5. The van der Waals surface area contributed by atoms with Crippen molar-refractivity contribution in [3.05, 3.63) is 57.6 Å². The summed E-state index contributed by atoms with van der Waals surface area (Å²) in [5.74, 6) is -0.0158. The van der Waals surface area contributed by atoms with Gasteiger partial charge in [0.25, 0.3) is 5.91 Å². The Morgan fingerprint density at radius 1 is 1.23 bits per heavy atom. The van der Waals surface area contributed by atoms with E-state index in [4.69, 9.17) is 9.72 Å². The Morgan fingerprint density at radius 3 is 2.77 bits per heavy atom. The fourth-order valence-electron chi connectivity index (χ4n) is 3.82. The molecule has 1 aliphatic rings. The first-order valence-corrected chi connectivity index (χ1v) is 11.9. The third-order valence-electron chi connectivity index (χ3n) is 5.35. The maximum atomic E-state index is 13.5. The van der Waals surface area contributed by atoms with Crippen LogP contribution in [0.1, 0.15) is 27.9 Å². The van der Waals surface area contributed by atoms with Crippen molar-refractivity contribution in [3.8, 4) is 0 Å². The van der Waals surface area contributed by atoms with E-state index < -0.39 is 0 Å². The molecular weight excluding hydrogens is 462 g/mol. The summed E-state index contributed by atoms with van der Waals surface area (Å²) in [5.41, 5.74) is 4.02. The van der Waals surface area contributed by atoms with Crippen molar-refractivity contribution in [1.82, 2.24) is 9.88 Å². The van der Waals surface area contributed by atoms with Crippen LogP contribution in [0.4, 0.5) is 5.13 Å². The van der Waals surface area contributed by atoms with E-state index in [1.54, 1.807) is 11.3 Å². The van der Waals surface area contributed by atoms with E-state index in [0.717, 1.165) is 59.1 Å². The molecule has 0 spiro atoms. The number of amides is 1. The molecule has 0 atom stereocenters. The smallest absolute Gasteiger partial charge is 0.261 e. The van der Waals surface area contributed by atoms with Gasteiger partial charge in [-0.15, -0.1) is 0 Å². The molecule has 1 fully saturated rings. The number of morpholine rings is 1. The zero-order chi connectivity index (χ0) is 21.1. The molecule has 4 rings (SSSR count). The molecule has 30 heavy (non-hydrogen) atoms. The number of benzene rings is 2. The van der Waals surface area contributed by atoms with Crippen LogP contribution in [0.25, 0.3) is 10.2 Å². The summed E-state index contributed by atoms with van der Waals surface area (Å²) < 4.78 is 7.39. The molecule has 0 aliphatic carbocycles. The van der Waals surface area contributed by atoms with E-state index in [1.807, 2.05) is 29.2 Å². The number of anilines is 1. The Hall–Kier alpha value is -1.80. The molecule has 0 bridgehead atoms. The highest BCUT2D eigenvalue weighted by Gasteiger charge is 2.23. The van der Waals surface area contributed by atoms with Gasteiger partial charge in [-0.3, -0.25) is 14.6 Å². The average molecular weight is 488 g/mol. The molecule has 7 heteroatoms. The highest BCUT2D eigenvalue weighted by Crippen LogP contribution is 2.33. The quantitative estimate of drug-likeness (QED) is 0.488. The lowest BCUT2D eigenvalue weighted by atomic mass is 10.1. The number of carbonyl (C=O) groups excluding carboxylic acids is 1. The molecule has 1 amide bonds. The highest BCUT2D eigenvalue weighted by atomic mass is 79.9. The number of nitrogens with zero attached hydrogens (tertiary/aromatic N) is 3. The van der Waals surface area contributed by atoms with Gasteiger partial charge in [0.15, 0.2) is 5.13 Å². The van der Waals surface area contributed by atoms with Gasteiger partial charge in [-0.2, -0.15) is 0 Å². The first kappa shape index (κ1) is 21.4. The number of aryl methyl sites for hydroxylation is 2.